The monoisotopic (exact) mass is 555 g/mol. The lowest BCUT2D eigenvalue weighted by Crippen LogP contribution is -2.29. The number of fused-ring (bicyclic) bond motifs is 2. The third kappa shape index (κ3) is 7.46. The van der Waals surface area contributed by atoms with Crippen molar-refractivity contribution in [2.45, 2.75) is 33.2 Å². The molecule has 1 aliphatic heterocycles. The van der Waals surface area contributed by atoms with Gasteiger partial charge >= 0.3 is 0 Å². The fourth-order valence-corrected chi connectivity index (χ4v) is 4.54. The first-order valence-corrected chi connectivity index (χ1v) is 11.5. The molecular formula is C27H39Cl2N3O5. The van der Waals surface area contributed by atoms with Gasteiger partial charge in [-0.15, -0.1) is 24.8 Å². The van der Waals surface area contributed by atoms with Gasteiger partial charge in [-0.2, -0.15) is 0 Å². The zero-order chi connectivity index (χ0) is 23.5. The summed E-state index contributed by atoms with van der Waals surface area (Å²) in [6, 6.07) is 8.22. The van der Waals surface area contributed by atoms with Gasteiger partial charge in [0, 0.05) is 43.0 Å². The molecule has 0 fully saturated rings. The fraction of sp³-hybridized carbons (Fsp3) is 0.407. The Morgan fingerprint density at radius 2 is 1.59 bits per heavy atom. The van der Waals surface area contributed by atoms with Crippen LogP contribution >= 0.6 is 24.8 Å². The van der Waals surface area contributed by atoms with Crippen LogP contribution < -0.4 is 9.47 Å². The molecule has 0 unspecified atom stereocenters. The lowest BCUT2D eigenvalue weighted by Gasteiger charge is -2.20. The summed E-state index contributed by atoms with van der Waals surface area (Å²) in [7, 11) is 5.44. The van der Waals surface area contributed by atoms with E-state index in [-0.39, 0.29) is 41.7 Å². The Morgan fingerprint density at radius 1 is 0.946 bits per heavy atom. The van der Waals surface area contributed by atoms with E-state index in [1.165, 1.54) is 16.7 Å². The Labute approximate surface area is 231 Å². The van der Waals surface area contributed by atoms with Gasteiger partial charge in [-0.1, -0.05) is 6.07 Å². The second-order valence-corrected chi connectivity index (χ2v) is 8.95. The number of hydrogen-bond donors (Lipinski definition) is 0. The lowest BCUT2D eigenvalue weighted by molar-refractivity contribution is 0.0772. The van der Waals surface area contributed by atoms with Crippen LogP contribution in [0.2, 0.25) is 0 Å². The number of ether oxygens (including phenoxy) is 2. The highest BCUT2D eigenvalue weighted by atomic mass is 35.5. The Bertz CT molecular complexity index is 1190. The van der Waals surface area contributed by atoms with E-state index >= 15 is 0 Å². The third-order valence-corrected chi connectivity index (χ3v) is 6.67. The number of methoxy groups -OCH3 is 2. The Kier molecular flexibility index (Phi) is 13.9. The first-order valence-electron chi connectivity index (χ1n) is 11.5. The molecule has 2 heterocycles. The van der Waals surface area contributed by atoms with E-state index in [1.54, 1.807) is 14.2 Å². The lowest BCUT2D eigenvalue weighted by atomic mass is 10.0. The van der Waals surface area contributed by atoms with Crippen LogP contribution in [-0.2, 0) is 13.0 Å². The highest BCUT2D eigenvalue weighted by Crippen LogP contribution is 2.33. The predicted octanol–water partition coefficient (Wildman–Crippen LogP) is 3.58. The molecule has 3 aromatic rings. The topological polar surface area (TPSA) is 118 Å². The number of benzene rings is 2. The molecule has 8 nitrogen and oxygen atoms in total. The van der Waals surface area contributed by atoms with Crippen molar-refractivity contribution >= 4 is 41.5 Å². The first-order chi connectivity index (χ1) is 15.9. The number of aromatic nitrogens is 1. The van der Waals surface area contributed by atoms with E-state index in [0.29, 0.717) is 5.75 Å². The van der Waals surface area contributed by atoms with Crippen molar-refractivity contribution in [3.8, 4) is 11.5 Å². The van der Waals surface area contributed by atoms with E-state index < -0.39 is 0 Å². The average Bonchev–Trinajstić information content (AvgIpc) is 3.11. The van der Waals surface area contributed by atoms with Gasteiger partial charge in [0.1, 0.15) is 0 Å². The number of pyridine rings is 1. The van der Waals surface area contributed by atoms with Gasteiger partial charge in [-0.25, -0.2) is 0 Å². The van der Waals surface area contributed by atoms with Crippen LogP contribution in [0.15, 0.2) is 36.7 Å². The van der Waals surface area contributed by atoms with Crippen molar-refractivity contribution < 1.29 is 25.2 Å². The molecule has 2 aromatic carbocycles. The van der Waals surface area contributed by atoms with E-state index in [9.17, 15) is 4.79 Å². The second-order valence-electron chi connectivity index (χ2n) is 8.95. The Balaban J connectivity index is 0.00000324. The van der Waals surface area contributed by atoms with Gasteiger partial charge in [-0.05, 0) is 86.1 Å². The van der Waals surface area contributed by atoms with E-state index in [0.717, 1.165) is 66.7 Å². The molecule has 0 saturated carbocycles. The maximum absolute atomic E-state index is 12.8. The highest BCUT2D eigenvalue weighted by molar-refractivity contribution is 5.98. The van der Waals surface area contributed by atoms with Gasteiger partial charge in [0.2, 0.25) is 0 Å². The highest BCUT2D eigenvalue weighted by Gasteiger charge is 2.27. The molecular weight excluding hydrogens is 517 g/mol. The van der Waals surface area contributed by atoms with Crippen molar-refractivity contribution in [2.24, 2.45) is 0 Å². The van der Waals surface area contributed by atoms with Crippen molar-refractivity contribution in [2.75, 3.05) is 40.9 Å². The van der Waals surface area contributed by atoms with Crippen LogP contribution in [-0.4, -0.2) is 72.5 Å². The largest absolute Gasteiger partial charge is 0.493 e. The maximum atomic E-state index is 12.8. The number of carbonyl (C=O) groups is 1. The summed E-state index contributed by atoms with van der Waals surface area (Å²) in [6.07, 6.45) is 5.64. The van der Waals surface area contributed by atoms with Crippen LogP contribution in [0.3, 0.4) is 0 Å². The molecule has 0 bridgehead atoms. The molecule has 4 rings (SSSR count). The second kappa shape index (κ2) is 15.0. The quantitative estimate of drug-likeness (QED) is 0.399. The number of nitrogens with zero attached hydrogens (tertiary/aromatic N) is 3. The van der Waals surface area contributed by atoms with Crippen LogP contribution in [0, 0.1) is 13.8 Å². The zero-order valence-electron chi connectivity index (χ0n) is 22.1. The minimum Gasteiger partial charge on any atom is -0.493 e. The van der Waals surface area contributed by atoms with Crippen LogP contribution in [0.4, 0.5) is 0 Å². The summed E-state index contributed by atoms with van der Waals surface area (Å²) in [4.78, 5) is 21.5. The normalized spacial score (nSPS) is 11.7. The van der Waals surface area contributed by atoms with Crippen molar-refractivity contribution in [1.29, 1.82) is 0 Å². The summed E-state index contributed by atoms with van der Waals surface area (Å²) < 4.78 is 10.9. The average molecular weight is 557 g/mol. The van der Waals surface area contributed by atoms with Gasteiger partial charge in [-0.3, -0.25) is 9.78 Å². The first kappa shape index (κ1) is 34.4. The predicted molar refractivity (Wildman–Crippen MR) is 153 cm³/mol. The van der Waals surface area contributed by atoms with Gasteiger partial charge in [0.25, 0.3) is 5.91 Å². The fourth-order valence-electron chi connectivity index (χ4n) is 4.54. The number of amides is 1. The smallest absolute Gasteiger partial charge is 0.254 e. The molecule has 10 heteroatoms. The number of hydrogen-bond acceptors (Lipinski definition) is 5. The SMILES string of the molecule is COc1cc2cncc(CCN(C)CCCN3Cc4cc(C)c(C)cc4C3=O)c2cc1OC.Cl.Cl.O.O. The summed E-state index contributed by atoms with van der Waals surface area (Å²) >= 11 is 0. The van der Waals surface area contributed by atoms with Crippen LogP contribution in [0.1, 0.15) is 39.0 Å². The van der Waals surface area contributed by atoms with Crippen molar-refractivity contribution in [3.05, 3.63) is 64.5 Å². The van der Waals surface area contributed by atoms with E-state index in [4.69, 9.17) is 9.47 Å². The van der Waals surface area contributed by atoms with Gasteiger partial charge in [0.15, 0.2) is 11.5 Å². The minimum absolute atomic E-state index is 0. The van der Waals surface area contributed by atoms with E-state index in [1.807, 2.05) is 35.5 Å². The summed E-state index contributed by atoms with van der Waals surface area (Å²) in [6.45, 7) is 7.54. The molecule has 0 atom stereocenters. The number of halogens is 2. The Hall–Kier alpha value is -2.62. The molecule has 1 aromatic heterocycles. The van der Waals surface area contributed by atoms with Crippen LogP contribution in [0.5, 0.6) is 11.5 Å². The standard InChI is InChI=1S/C27H33N3O3.2ClH.2H2O/c1-18-11-22-17-30(27(31)24(22)12-19(18)2)9-6-8-29(3)10-7-20-15-28-16-21-13-25(32-4)26(33-5)14-23(20)21;;;;/h11-16H,6-10,17H2,1-5H3;2*1H;2*1H2. The molecule has 206 valence electrons. The third-order valence-electron chi connectivity index (χ3n) is 6.67. The minimum atomic E-state index is 0. The van der Waals surface area contributed by atoms with E-state index in [2.05, 4.69) is 36.8 Å². The molecule has 0 saturated heterocycles. The molecule has 0 spiro atoms. The van der Waals surface area contributed by atoms with Gasteiger partial charge in [0.05, 0.1) is 14.2 Å². The number of carbonyl (C=O) groups excluding carboxylic acids is 1. The maximum Gasteiger partial charge on any atom is 0.254 e. The number of rotatable bonds is 9. The molecule has 37 heavy (non-hydrogen) atoms. The molecule has 0 radical (unpaired) electrons. The molecule has 1 amide bonds. The molecule has 0 aliphatic carbocycles. The number of aryl methyl sites for hydroxylation is 2. The summed E-state index contributed by atoms with van der Waals surface area (Å²) in [5.74, 6) is 1.61. The van der Waals surface area contributed by atoms with Crippen molar-refractivity contribution in [3.63, 3.8) is 0 Å². The van der Waals surface area contributed by atoms with Gasteiger partial charge < -0.3 is 30.2 Å². The molecule has 4 N–H and O–H groups in total. The molecule has 1 aliphatic rings. The zero-order valence-corrected chi connectivity index (χ0v) is 23.7. The van der Waals surface area contributed by atoms with Crippen molar-refractivity contribution in [1.82, 2.24) is 14.8 Å². The Morgan fingerprint density at radius 3 is 2.27 bits per heavy atom. The van der Waals surface area contributed by atoms with Crippen LogP contribution in [0.25, 0.3) is 10.8 Å². The summed E-state index contributed by atoms with van der Waals surface area (Å²) in [5, 5.41) is 2.19. The summed E-state index contributed by atoms with van der Waals surface area (Å²) in [5.41, 5.74) is 5.66. The number of likely N-dealkylation sites (N-methyl/N-ethyl adjacent to an activating group) is 1.